The van der Waals surface area contributed by atoms with Crippen molar-refractivity contribution in [1.29, 1.82) is 0 Å². The molecule has 20 heavy (non-hydrogen) atoms. The van der Waals surface area contributed by atoms with Gasteiger partial charge in [0.25, 0.3) is 0 Å². The first-order chi connectivity index (χ1) is 9.45. The Balaban J connectivity index is 2.11. The predicted octanol–water partition coefficient (Wildman–Crippen LogP) is 4.25. The monoisotopic (exact) mass is 338 g/mol. The van der Waals surface area contributed by atoms with Gasteiger partial charge in [-0.3, -0.25) is 0 Å². The quantitative estimate of drug-likeness (QED) is 0.717. The minimum absolute atomic E-state index is 0.0825. The molecule has 0 aliphatic heterocycles. The predicted molar refractivity (Wildman–Crippen MR) is 79.6 cm³/mol. The SMILES string of the molecule is Cc1ccc(F)c(NC(=O)Nc2ccc(Br)cc2O)c1. The minimum atomic E-state index is -0.632. The normalized spacial score (nSPS) is 10.2. The number of carbonyl (C=O) groups is 1. The van der Waals surface area contributed by atoms with E-state index in [0.717, 1.165) is 5.56 Å². The van der Waals surface area contributed by atoms with E-state index >= 15 is 0 Å². The number of amides is 2. The molecule has 2 rings (SSSR count). The molecule has 0 aliphatic carbocycles. The molecule has 0 saturated heterocycles. The number of anilines is 2. The Morgan fingerprint density at radius 2 is 1.85 bits per heavy atom. The van der Waals surface area contributed by atoms with Gasteiger partial charge in [-0.25, -0.2) is 9.18 Å². The van der Waals surface area contributed by atoms with Gasteiger partial charge < -0.3 is 15.7 Å². The Hall–Kier alpha value is -2.08. The van der Waals surface area contributed by atoms with Gasteiger partial charge in [-0.15, -0.1) is 0 Å². The van der Waals surface area contributed by atoms with Crippen LogP contribution in [-0.4, -0.2) is 11.1 Å². The number of benzene rings is 2. The molecule has 0 heterocycles. The van der Waals surface area contributed by atoms with Crippen LogP contribution in [0.3, 0.4) is 0 Å². The zero-order valence-electron chi connectivity index (χ0n) is 10.6. The number of rotatable bonds is 2. The van der Waals surface area contributed by atoms with Crippen LogP contribution in [0, 0.1) is 12.7 Å². The Bertz CT molecular complexity index is 662. The first kappa shape index (κ1) is 14.3. The van der Waals surface area contributed by atoms with Crippen LogP contribution < -0.4 is 10.6 Å². The molecule has 3 N–H and O–H groups in total. The fourth-order valence-electron chi connectivity index (χ4n) is 1.62. The highest BCUT2D eigenvalue weighted by Crippen LogP contribution is 2.27. The van der Waals surface area contributed by atoms with Crippen molar-refractivity contribution in [3.63, 3.8) is 0 Å². The molecule has 0 saturated carbocycles. The van der Waals surface area contributed by atoms with Crippen LogP contribution in [0.5, 0.6) is 5.75 Å². The smallest absolute Gasteiger partial charge is 0.323 e. The summed E-state index contributed by atoms with van der Waals surface area (Å²) in [6.45, 7) is 1.79. The summed E-state index contributed by atoms with van der Waals surface area (Å²) in [7, 11) is 0. The highest BCUT2D eigenvalue weighted by atomic mass is 79.9. The van der Waals surface area contributed by atoms with Crippen LogP contribution in [0.15, 0.2) is 40.9 Å². The van der Waals surface area contributed by atoms with E-state index in [0.29, 0.717) is 4.47 Å². The van der Waals surface area contributed by atoms with E-state index < -0.39 is 11.8 Å². The number of urea groups is 1. The summed E-state index contributed by atoms with van der Waals surface area (Å²) >= 11 is 3.20. The topological polar surface area (TPSA) is 61.4 Å². The third kappa shape index (κ3) is 3.48. The second-order valence-electron chi connectivity index (χ2n) is 4.22. The molecule has 0 aliphatic rings. The van der Waals surface area contributed by atoms with Crippen molar-refractivity contribution in [3.05, 3.63) is 52.3 Å². The largest absolute Gasteiger partial charge is 0.506 e. The van der Waals surface area contributed by atoms with E-state index in [1.807, 2.05) is 0 Å². The number of phenolic OH excluding ortho intramolecular Hbond substituents is 1. The van der Waals surface area contributed by atoms with Crippen LogP contribution in [0.2, 0.25) is 0 Å². The van der Waals surface area contributed by atoms with E-state index in [9.17, 15) is 14.3 Å². The molecule has 2 amide bonds. The highest BCUT2D eigenvalue weighted by molar-refractivity contribution is 9.10. The maximum Gasteiger partial charge on any atom is 0.323 e. The number of hydrogen-bond donors (Lipinski definition) is 3. The number of aryl methyl sites for hydroxylation is 1. The first-order valence-electron chi connectivity index (χ1n) is 5.78. The van der Waals surface area contributed by atoms with Crippen molar-refractivity contribution in [3.8, 4) is 5.75 Å². The first-order valence-corrected chi connectivity index (χ1v) is 6.57. The van der Waals surface area contributed by atoms with Crippen molar-refractivity contribution >= 4 is 33.3 Å². The zero-order valence-corrected chi connectivity index (χ0v) is 12.2. The molecule has 0 bridgehead atoms. The Morgan fingerprint density at radius 1 is 1.15 bits per heavy atom. The molecular formula is C14H12BrFN2O2. The van der Waals surface area contributed by atoms with E-state index in [4.69, 9.17) is 0 Å². The molecule has 0 unspecified atom stereocenters. The summed E-state index contributed by atoms with van der Waals surface area (Å²) in [5, 5.41) is 14.5. The molecular weight excluding hydrogens is 327 g/mol. The van der Waals surface area contributed by atoms with E-state index in [2.05, 4.69) is 26.6 Å². The summed E-state index contributed by atoms with van der Waals surface area (Å²) < 4.78 is 14.2. The molecule has 4 nitrogen and oxygen atoms in total. The van der Waals surface area contributed by atoms with Crippen LogP contribution in [0.4, 0.5) is 20.6 Å². The molecule has 2 aromatic carbocycles. The molecule has 6 heteroatoms. The lowest BCUT2D eigenvalue weighted by Crippen LogP contribution is -2.20. The van der Waals surface area contributed by atoms with Gasteiger partial charge in [-0.2, -0.15) is 0 Å². The van der Waals surface area contributed by atoms with Crippen LogP contribution in [-0.2, 0) is 0 Å². The highest BCUT2D eigenvalue weighted by Gasteiger charge is 2.09. The molecule has 0 aromatic heterocycles. The molecule has 0 fully saturated rings. The summed E-state index contributed by atoms with van der Waals surface area (Å²) in [4.78, 5) is 11.8. The van der Waals surface area contributed by atoms with Gasteiger partial charge in [-0.1, -0.05) is 22.0 Å². The third-order valence-electron chi connectivity index (χ3n) is 2.58. The summed E-state index contributed by atoms with van der Waals surface area (Å²) in [5.41, 5.74) is 1.14. The van der Waals surface area contributed by atoms with E-state index in [1.165, 1.54) is 24.3 Å². The Labute approximate surface area is 123 Å². The second kappa shape index (κ2) is 5.92. The number of halogens is 2. The average Bonchev–Trinajstić information content (AvgIpc) is 2.37. The lowest BCUT2D eigenvalue weighted by atomic mass is 10.2. The van der Waals surface area contributed by atoms with Crippen molar-refractivity contribution in [2.24, 2.45) is 0 Å². The molecule has 0 spiro atoms. The summed E-state index contributed by atoms with van der Waals surface area (Å²) in [6, 6.07) is 8.43. The molecule has 0 radical (unpaired) electrons. The number of nitrogens with one attached hydrogen (secondary N) is 2. The van der Waals surface area contributed by atoms with E-state index in [1.54, 1.807) is 19.1 Å². The standard InChI is InChI=1S/C14H12BrFN2O2/c1-8-2-4-10(16)12(6-8)18-14(20)17-11-5-3-9(15)7-13(11)19/h2-7,19H,1H3,(H2,17,18,20). The van der Waals surface area contributed by atoms with Gasteiger partial charge in [-0.05, 0) is 42.8 Å². The number of aromatic hydroxyl groups is 1. The van der Waals surface area contributed by atoms with Crippen molar-refractivity contribution < 1.29 is 14.3 Å². The maximum absolute atomic E-state index is 13.5. The molecule has 2 aromatic rings. The Kier molecular flexibility index (Phi) is 4.24. The zero-order chi connectivity index (χ0) is 14.7. The van der Waals surface area contributed by atoms with Gasteiger partial charge in [0.2, 0.25) is 0 Å². The van der Waals surface area contributed by atoms with Crippen molar-refractivity contribution in [1.82, 2.24) is 0 Å². The summed E-state index contributed by atoms with van der Waals surface area (Å²) in [5.74, 6) is -0.606. The van der Waals surface area contributed by atoms with Gasteiger partial charge in [0, 0.05) is 4.47 Å². The van der Waals surface area contributed by atoms with Crippen LogP contribution in [0.1, 0.15) is 5.56 Å². The van der Waals surface area contributed by atoms with Gasteiger partial charge in [0.1, 0.15) is 11.6 Å². The van der Waals surface area contributed by atoms with Crippen LogP contribution in [0.25, 0.3) is 0 Å². The third-order valence-corrected chi connectivity index (χ3v) is 3.07. The van der Waals surface area contributed by atoms with Crippen LogP contribution >= 0.6 is 15.9 Å². The number of carbonyl (C=O) groups excluding carboxylic acids is 1. The molecule has 104 valence electrons. The fourth-order valence-corrected chi connectivity index (χ4v) is 1.97. The van der Waals surface area contributed by atoms with E-state index in [-0.39, 0.29) is 17.1 Å². The maximum atomic E-state index is 13.5. The second-order valence-corrected chi connectivity index (χ2v) is 5.14. The van der Waals surface area contributed by atoms with Gasteiger partial charge >= 0.3 is 6.03 Å². The Morgan fingerprint density at radius 3 is 2.55 bits per heavy atom. The van der Waals surface area contributed by atoms with Gasteiger partial charge in [0.05, 0.1) is 11.4 Å². The lowest BCUT2D eigenvalue weighted by Gasteiger charge is -2.10. The minimum Gasteiger partial charge on any atom is -0.506 e. The van der Waals surface area contributed by atoms with Crippen molar-refractivity contribution in [2.45, 2.75) is 6.92 Å². The number of phenols is 1. The molecule has 0 atom stereocenters. The van der Waals surface area contributed by atoms with Crippen molar-refractivity contribution in [2.75, 3.05) is 10.6 Å². The lowest BCUT2D eigenvalue weighted by molar-refractivity contribution is 0.262. The fraction of sp³-hybridized carbons (Fsp3) is 0.0714. The number of hydrogen-bond acceptors (Lipinski definition) is 2. The van der Waals surface area contributed by atoms with Gasteiger partial charge in [0.15, 0.2) is 0 Å². The average molecular weight is 339 g/mol. The summed E-state index contributed by atoms with van der Waals surface area (Å²) in [6.07, 6.45) is 0.